The number of anilines is 1. The number of carboxylic acids is 1. The van der Waals surface area contributed by atoms with E-state index in [1.54, 1.807) is 19.9 Å². The fourth-order valence-corrected chi connectivity index (χ4v) is 3.22. The minimum Gasteiger partial charge on any atom is -0.478 e. The van der Waals surface area contributed by atoms with Gasteiger partial charge in [-0.15, -0.1) is 0 Å². The molecule has 0 bridgehead atoms. The summed E-state index contributed by atoms with van der Waals surface area (Å²) in [6.07, 6.45) is 0.468. The first kappa shape index (κ1) is 15.0. The number of aromatic carboxylic acids is 1. The third-order valence-electron chi connectivity index (χ3n) is 2.93. The zero-order chi connectivity index (χ0) is 15.6. The van der Waals surface area contributed by atoms with Crippen molar-refractivity contribution in [2.45, 2.75) is 25.2 Å². The van der Waals surface area contributed by atoms with Crippen LogP contribution in [0.3, 0.4) is 0 Å². The number of nitrogens with zero attached hydrogens (tertiary/aromatic N) is 1. The van der Waals surface area contributed by atoms with E-state index in [2.05, 4.69) is 14.9 Å². The van der Waals surface area contributed by atoms with Gasteiger partial charge in [0.25, 0.3) is 10.0 Å². The number of aryl methyl sites for hydroxylation is 2. The van der Waals surface area contributed by atoms with E-state index in [9.17, 15) is 13.2 Å². The van der Waals surface area contributed by atoms with Crippen LogP contribution in [-0.2, 0) is 16.4 Å². The second-order valence-electron chi connectivity index (χ2n) is 4.52. The second kappa shape index (κ2) is 5.57. The second-order valence-corrected chi connectivity index (χ2v) is 6.17. The van der Waals surface area contributed by atoms with Crippen LogP contribution in [0.1, 0.15) is 28.5 Å². The van der Waals surface area contributed by atoms with Gasteiger partial charge in [-0.05, 0) is 31.0 Å². The topological polar surface area (TPSA) is 112 Å². The Balaban J connectivity index is 2.47. The van der Waals surface area contributed by atoms with Crippen molar-refractivity contribution in [2.24, 2.45) is 0 Å². The Morgan fingerprint density at radius 3 is 2.62 bits per heavy atom. The number of hydrogen-bond acceptors (Lipinski definition) is 4. The highest BCUT2D eigenvalue weighted by atomic mass is 32.2. The van der Waals surface area contributed by atoms with Crippen LogP contribution >= 0.6 is 0 Å². The molecule has 2 rings (SSSR count). The first-order valence-electron chi connectivity index (χ1n) is 6.24. The van der Waals surface area contributed by atoms with Gasteiger partial charge in [-0.25, -0.2) is 13.2 Å². The Morgan fingerprint density at radius 1 is 1.38 bits per heavy atom. The van der Waals surface area contributed by atoms with Crippen LogP contribution in [0, 0.1) is 6.92 Å². The normalized spacial score (nSPS) is 11.3. The van der Waals surface area contributed by atoms with Crippen LogP contribution in [0.2, 0.25) is 0 Å². The van der Waals surface area contributed by atoms with Crippen molar-refractivity contribution in [3.05, 3.63) is 41.1 Å². The summed E-state index contributed by atoms with van der Waals surface area (Å²) in [5.74, 6) is -1.01. The maximum atomic E-state index is 12.4. The summed E-state index contributed by atoms with van der Waals surface area (Å²) in [5, 5.41) is 15.4. The first-order valence-corrected chi connectivity index (χ1v) is 7.73. The van der Waals surface area contributed by atoms with Gasteiger partial charge in [0.1, 0.15) is 0 Å². The molecule has 1 heterocycles. The van der Waals surface area contributed by atoms with Crippen molar-refractivity contribution in [2.75, 3.05) is 4.72 Å². The van der Waals surface area contributed by atoms with Gasteiger partial charge in [0.05, 0.1) is 10.5 Å². The van der Waals surface area contributed by atoms with Crippen molar-refractivity contribution in [3.63, 3.8) is 0 Å². The molecule has 8 heteroatoms. The number of aromatic amines is 1. The number of H-pyrrole nitrogens is 1. The van der Waals surface area contributed by atoms with Crippen LogP contribution in [0.4, 0.5) is 5.82 Å². The molecule has 112 valence electrons. The monoisotopic (exact) mass is 309 g/mol. The van der Waals surface area contributed by atoms with Gasteiger partial charge >= 0.3 is 5.97 Å². The van der Waals surface area contributed by atoms with Crippen molar-refractivity contribution >= 4 is 21.8 Å². The van der Waals surface area contributed by atoms with Crippen molar-refractivity contribution in [1.29, 1.82) is 0 Å². The predicted molar refractivity (Wildman–Crippen MR) is 76.9 cm³/mol. The summed E-state index contributed by atoms with van der Waals surface area (Å²) in [7, 11) is -3.89. The molecule has 0 saturated carbocycles. The summed E-state index contributed by atoms with van der Waals surface area (Å²) in [4.78, 5) is 11.0. The molecule has 2 aromatic rings. The maximum Gasteiger partial charge on any atom is 0.335 e. The van der Waals surface area contributed by atoms with Crippen molar-refractivity contribution in [3.8, 4) is 0 Å². The van der Waals surface area contributed by atoms with Gasteiger partial charge in [-0.1, -0.05) is 13.0 Å². The summed E-state index contributed by atoms with van der Waals surface area (Å²) >= 11 is 0. The molecule has 1 aromatic heterocycles. The quantitative estimate of drug-likeness (QED) is 0.779. The molecule has 0 aliphatic carbocycles. The van der Waals surface area contributed by atoms with E-state index >= 15 is 0 Å². The van der Waals surface area contributed by atoms with E-state index in [0.717, 1.165) is 6.07 Å². The average Bonchev–Trinajstić information content (AvgIpc) is 2.82. The molecule has 0 aliphatic heterocycles. The molecular formula is C13H15N3O4S. The highest BCUT2D eigenvalue weighted by Crippen LogP contribution is 2.21. The van der Waals surface area contributed by atoms with Gasteiger partial charge < -0.3 is 5.11 Å². The minimum absolute atomic E-state index is 0.0504. The highest BCUT2D eigenvalue weighted by molar-refractivity contribution is 7.92. The number of hydrogen-bond donors (Lipinski definition) is 3. The Kier molecular flexibility index (Phi) is 3.99. The van der Waals surface area contributed by atoms with Gasteiger partial charge in [0.15, 0.2) is 5.82 Å². The van der Waals surface area contributed by atoms with E-state index in [-0.39, 0.29) is 16.3 Å². The number of benzene rings is 1. The Morgan fingerprint density at radius 2 is 2.10 bits per heavy atom. The van der Waals surface area contributed by atoms with E-state index < -0.39 is 16.0 Å². The SMILES string of the molecule is CCc1ccc(C(=O)O)cc1S(=O)(=O)Nc1cc(C)[nH]n1. The average molecular weight is 309 g/mol. The first-order chi connectivity index (χ1) is 9.83. The molecule has 0 atom stereocenters. The zero-order valence-electron chi connectivity index (χ0n) is 11.5. The lowest BCUT2D eigenvalue weighted by molar-refractivity contribution is 0.0696. The van der Waals surface area contributed by atoms with Gasteiger partial charge in [-0.2, -0.15) is 5.10 Å². The molecule has 0 aliphatic rings. The maximum absolute atomic E-state index is 12.4. The summed E-state index contributed by atoms with van der Waals surface area (Å²) in [6, 6.07) is 5.60. The fraction of sp³-hybridized carbons (Fsp3) is 0.231. The molecule has 0 radical (unpaired) electrons. The van der Waals surface area contributed by atoms with Gasteiger partial charge in [-0.3, -0.25) is 9.82 Å². The molecule has 21 heavy (non-hydrogen) atoms. The molecule has 0 fully saturated rings. The largest absolute Gasteiger partial charge is 0.478 e. The van der Waals surface area contributed by atoms with E-state index in [1.165, 1.54) is 12.1 Å². The smallest absolute Gasteiger partial charge is 0.335 e. The number of nitrogens with one attached hydrogen (secondary N) is 2. The van der Waals surface area contributed by atoms with Crippen LogP contribution in [0.25, 0.3) is 0 Å². The van der Waals surface area contributed by atoms with Crippen LogP contribution in [0.5, 0.6) is 0 Å². The lowest BCUT2D eigenvalue weighted by Gasteiger charge is -2.10. The predicted octanol–water partition coefficient (Wildman–Crippen LogP) is 1.78. The third kappa shape index (κ3) is 3.22. The van der Waals surface area contributed by atoms with Crippen LogP contribution < -0.4 is 4.72 Å². The molecule has 7 nitrogen and oxygen atoms in total. The molecule has 3 N–H and O–H groups in total. The zero-order valence-corrected chi connectivity index (χ0v) is 12.4. The van der Waals surface area contributed by atoms with E-state index in [0.29, 0.717) is 17.7 Å². The Labute approximate surface area is 122 Å². The lowest BCUT2D eigenvalue weighted by atomic mass is 10.1. The molecule has 0 spiro atoms. The molecule has 0 saturated heterocycles. The standard InChI is InChI=1S/C13H15N3O4S/c1-3-9-4-5-10(13(17)18)7-11(9)21(19,20)16-12-6-8(2)14-15-12/h4-7H,3H2,1-2H3,(H,17,18)(H2,14,15,16). The molecular weight excluding hydrogens is 294 g/mol. The highest BCUT2D eigenvalue weighted by Gasteiger charge is 2.21. The number of aromatic nitrogens is 2. The van der Waals surface area contributed by atoms with Crippen LogP contribution in [-0.4, -0.2) is 29.7 Å². The summed E-state index contributed by atoms with van der Waals surface area (Å²) < 4.78 is 27.1. The number of sulfonamides is 1. The lowest BCUT2D eigenvalue weighted by Crippen LogP contribution is -2.16. The molecule has 0 unspecified atom stereocenters. The minimum atomic E-state index is -3.89. The van der Waals surface area contributed by atoms with Gasteiger partial charge in [0.2, 0.25) is 0 Å². The van der Waals surface area contributed by atoms with E-state index in [1.807, 2.05) is 0 Å². The molecule has 1 aromatic carbocycles. The fourth-order valence-electron chi connectivity index (χ4n) is 1.89. The van der Waals surface area contributed by atoms with Gasteiger partial charge in [0, 0.05) is 11.8 Å². The number of carbonyl (C=O) groups is 1. The number of rotatable bonds is 5. The van der Waals surface area contributed by atoms with E-state index in [4.69, 9.17) is 5.11 Å². The van der Waals surface area contributed by atoms with Crippen LogP contribution in [0.15, 0.2) is 29.2 Å². The molecule has 0 amide bonds. The Bertz CT molecular complexity index is 780. The summed E-state index contributed by atoms with van der Waals surface area (Å²) in [6.45, 7) is 3.54. The third-order valence-corrected chi connectivity index (χ3v) is 4.37. The number of carboxylic acid groups (broad SMARTS) is 1. The Hall–Kier alpha value is -2.35. The summed E-state index contributed by atoms with van der Waals surface area (Å²) in [5.41, 5.74) is 1.17. The van der Waals surface area contributed by atoms with Crippen molar-refractivity contribution in [1.82, 2.24) is 10.2 Å². The van der Waals surface area contributed by atoms with Crippen molar-refractivity contribution < 1.29 is 18.3 Å².